The predicted molar refractivity (Wildman–Crippen MR) is 77.5 cm³/mol. The normalized spacial score (nSPS) is 14.4. The van der Waals surface area contributed by atoms with Crippen molar-refractivity contribution in [1.29, 1.82) is 0 Å². The van der Waals surface area contributed by atoms with Gasteiger partial charge >= 0.3 is 0 Å². The van der Waals surface area contributed by atoms with Crippen molar-refractivity contribution in [3.8, 4) is 0 Å². The second-order valence-electron chi connectivity index (χ2n) is 5.23. The minimum absolute atomic E-state index is 0.565. The third-order valence-electron chi connectivity index (χ3n) is 3.51. The largest absolute Gasteiger partial charge is 0.380 e. The topological polar surface area (TPSA) is 21.3 Å². The highest BCUT2D eigenvalue weighted by atomic mass is 16.5. The monoisotopic (exact) mass is 249 g/mol. The van der Waals surface area contributed by atoms with Crippen LogP contribution in [0.3, 0.4) is 0 Å². The van der Waals surface area contributed by atoms with Crippen molar-refractivity contribution < 1.29 is 4.74 Å². The number of nitrogens with one attached hydrogen (secondary N) is 1. The molecule has 0 saturated carbocycles. The summed E-state index contributed by atoms with van der Waals surface area (Å²) in [6.07, 6.45) is 2.50. The van der Waals surface area contributed by atoms with Crippen LogP contribution in [0.15, 0.2) is 24.3 Å². The van der Waals surface area contributed by atoms with E-state index in [0.29, 0.717) is 12.6 Å². The highest BCUT2D eigenvalue weighted by Crippen LogP contribution is 2.12. The Balaban J connectivity index is 2.47. The molecule has 18 heavy (non-hydrogen) atoms. The molecule has 102 valence electrons. The molecule has 2 nitrogen and oxygen atoms in total. The molecule has 0 heterocycles. The number of benzene rings is 1. The zero-order chi connectivity index (χ0) is 13.4. The molecule has 2 unspecified atom stereocenters. The summed E-state index contributed by atoms with van der Waals surface area (Å²) < 4.78 is 5.23. The molecule has 0 radical (unpaired) electrons. The van der Waals surface area contributed by atoms with Gasteiger partial charge in [0.15, 0.2) is 0 Å². The molecule has 0 aliphatic rings. The van der Waals surface area contributed by atoms with Gasteiger partial charge in [-0.05, 0) is 30.4 Å². The van der Waals surface area contributed by atoms with E-state index in [1.807, 2.05) is 0 Å². The molecular formula is C16H27NO. The van der Waals surface area contributed by atoms with Gasteiger partial charge in [-0.3, -0.25) is 0 Å². The van der Waals surface area contributed by atoms with E-state index in [2.05, 4.69) is 50.4 Å². The van der Waals surface area contributed by atoms with Gasteiger partial charge in [0, 0.05) is 19.7 Å². The summed E-state index contributed by atoms with van der Waals surface area (Å²) in [4.78, 5) is 0. The zero-order valence-electron chi connectivity index (χ0n) is 12.2. The molecule has 0 aliphatic carbocycles. The average Bonchev–Trinajstić information content (AvgIpc) is 2.38. The molecule has 2 atom stereocenters. The van der Waals surface area contributed by atoms with E-state index in [0.717, 1.165) is 12.5 Å². The van der Waals surface area contributed by atoms with Crippen LogP contribution in [-0.2, 0) is 17.9 Å². The lowest BCUT2D eigenvalue weighted by atomic mass is 10.00. The van der Waals surface area contributed by atoms with Crippen LogP contribution < -0.4 is 5.32 Å². The van der Waals surface area contributed by atoms with Gasteiger partial charge in [0.25, 0.3) is 0 Å². The SMILES string of the molecule is CCC(C)CC(C)NCc1ccccc1COC. The van der Waals surface area contributed by atoms with Crippen LogP contribution in [0.5, 0.6) is 0 Å². The highest BCUT2D eigenvalue weighted by molar-refractivity contribution is 5.26. The molecule has 0 fully saturated rings. The number of methoxy groups -OCH3 is 1. The van der Waals surface area contributed by atoms with E-state index < -0.39 is 0 Å². The molecule has 1 N–H and O–H groups in total. The molecule has 0 bridgehead atoms. The molecule has 0 aliphatic heterocycles. The van der Waals surface area contributed by atoms with Crippen molar-refractivity contribution in [2.45, 2.75) is 52.8 Å². The Morgan fingerprint density at radius 3 is 2.44 bits per heavy atom. The first-order chi connectivity index (χ1) is 8.67. The van der Waals surface area contributed by atoms with Crippen molar-refractivity contribution in [3.63, 3.8) is 0 Å². The van der Waals surface area contributed by atoms with Crippen LogP contribution in [0.4, 0.5) is 0 Å². The van der Waals surface area contributed by atoms with E-state index in [4.69, 9.17) is 4.74 Å². The third kappa shape index (κ3) is 5.19. The van der Waals surface area contributed by atoms with Crippen molar-refractivity contribution >= 4 is 0 Å². The van der Waals surface area contributed by atoms with E-state index in [9.17, 15) is 0 Å². The van der Waals surface area contributed by atoms with Crippen LogP contribution in [0.25, 0.3) is 0 Å². The fraction of sp³-hybridized carbons (Fsp3) is 0.625. The van der Waals surface area contributed by atoms with Crippen LogP contribution in [-0.4, -0.2) is 13.2 Å². The first kappa shape index (κ1) is 15.2. The van der Waals surface area contributed by atoms with Crippen molar-refractivity contribution in [1.82, 2.24) is 5.32 Å². The summed E-state index contributed by atoms with van der Waals surface area (Å²) in [6, 6.07) is 9.04. The van der Waals surface area contributed by atoms with Gasteiger partial charge in [-0.15, -0.1) is 0 Å². The van der Waals surface area contributed by atoms with Gasteiger partial charge in [-0.25, -0.2) is 0 Å². The quantitative estimate of drug-likeness (QED) is 0.757. The number of ether oxygens (including phenoxy) is 1. The smallest absolute Gasteiger partial charge is 0.0716 e. The molecule has 1 rings (SSSR count). The summed E-state index contributed by atoms with van der Waals surface area (Å²) in [5, 5.41) is 3.61. The van der Waals surface area contributed by atoms with E-state index in [1.165, 1.54) is 24.0 Å². The van der Waals surface area contributed by atoms with Gasteiger partial charge in [0.05, 0.1) is 6.61 Å². The summed E-state index contributed by atoms with van der Waals surface area (Å²) in [5.41, 5.74) is 2.62. The average molecular weight is 249 g/mol. The zero-order valence-corrected chi connectivity index (χ0v) is 12.2. The molecule has 1 aromatic rings. The molecule has 0 spiro atoms. The Labute approximate surface area is 112 Å². The maximum Gasteiger partial charge on any atom is 0.0716 e. The number of hydrogen-bond acceptors (Lipinski definition) is 2. The maximum absolute atomic E-state index is 5.23. The first-order valence-electron chi connectivity index (χ1n) is 6.96. The van der Waals surface area contributed by atoms with Gasteiger partial charge in [0.1, 0.15) is 0 Å². The van der Waals surface area contributed by atoms with Crippen molar-refractivity contribution in [2.75, 3.05) is 7.11 Å². The fourth-order valence-electron chi connectivity index (χ4n) is 2.16. The van der Waals surface area contributed by atoms with E-state index in [-0.39, 0.29) is 0 Å². The van der Waals surface area contributed by atoms with E-state index >= 15 is 0 Å². The summed E-state index contributed by atoms with van der Waals surface area (Å²) in [7, 11) is 1.75. The van der Waals surface area contributed by atoms with Gasteiger partial charge in [-0.2, -0.15) is 0 Å². The van der Waals surface area contributed by atoms with Crippen LogP contribution in [0.1, 0.15) is 44.7 Å². The van der Waals surface area contributed by atoms with Crippen LogP contribution >= 0.6 is 0 Å². The standard InChI is InChI=1S/C16H27NO/c1-5-13(2)10-14(3)17-11-15-8-6-7-9-16(15)12-18-4/h6-9,13-14,17H,5,10-12H2,1-4H3. The first-order valence-corrected chi connectivity index (χ1v) is 6.96. The Hall–Kier alpha value is -0.860. The Kier molecular flexibility index (Phi) is 6.99. The molecular weight excluding hydrogens is 222 g/mol. The second kappa shape index (κ2) is 8.28. The third-order valence-corrected chi connectivity index (χ3v) is 3.51. The van der Waals surface area contributed by atoms with Gasteiger partial charge in [-0.1, -0.05) is 44.5 Å². The van der Waals surface area contributed by atoms with E-state index in [1.54, 1.807) is 7.11 Å². The van der Waals surface area contributed by atoms with Gasteiger partial charge < -0.3 is 10.1 Å². The fourth-order valence-corrected chi connectivity index (χ4v) is 2.16. The van der Waals surface area contributed by atoms with Crippen LogP contribution in [0, 0.1) is 5.92 Å². The minimum atomic E-state index is 0.565. The summed E-state index contributed by atoms with van der Waals surface area (Å²) in [6.45, 7) is 8.46. The molecule has 0 aromatic heterocycles. The molecule has 0 amide bonds. The van der Waals surface area contributed by atoms with Crippen LogP contribution in [0.2, 0.25) is 0 Å². The number of rotatable bonds is 8. The van der Waals surface area contributed by atoms with Crippen molar-refractivity contribution in [2.24, 2.45) is 5.92 Å². The lowest BCUT2D eigenvalue weighted by Crippen LogP contribution is -2.27. The predicted octanol–water partition coefficient (Wildman–Crippen LogP) is 3.75. The maximum atomic E-state index is 5.23. The van der Waals surface area contributed by atoms with Crippen molar-refractivity contribution in [3.05, 3.63) is 35.4 Å². The minimum Gasteiger partial charge on any atom is -0.380 e. The summed E-state index contributed by atoms with van der Waals surface area (Å²) in [5.74, 6) is 0.793. The molecule has 1 aromatic carbocycles. The molecule has 2 heteroatoms. The lowest BCUT2D eigenvalue weighted by molar-refractivity contribution is 0.184. The number of hydrogen-bond donors (Lipinski definition) is 1. The lowest BCUT2D eigenvalue weighted by Gasteiger charge is -2.18. The molecule has 0 saturated heterocycles. The highest BCUT2D eigenvalue weighted by Gasteiger charge is 2.08. The Morgan fingerprint density at radius 1 is 1.17 bits per heavy atom. The second-order valence-corrected chi connectivity index (χ2v) is 5.23. The summed E-state index contributed by atoms with van der Waals surface area (Å²) >= 11 is 0. The van der Waals surface area contributed by atoms with Gasteiger partial charge in [0.2, 0.25) is 0 Å². The Bertz CT molecular complexity index is 338. The Morgan fingerprint density at radius 2 is 1.83 bits per heavy atom.